The van der Waals surface area contributed by atoms with Crippen molar-refractivity contribution in [1.29, 1.82) is 0 Å². The van der Waals surface area contributed by atoms with Gasteiger partial charge in [-0.25, -0.2) is 10.2 Å². The van der Waals surface area contributed by atoms with Crippen LogP contribution in [-0.4, -0.2) is 23.0 Å². The lowest BCUT2D eigenvalue weighted by Gasteiger charge is -2.07. The lowest BCUT2D eigenvalue weighted by Crippen LogP contribution is -2.17. The van der Waals surface area contributed by atoms with Crippen molar-refractivity contribution >= 4 is 39.7 Å². The minimum absolute atomic E-state index is 0.115. The number of amides is 1. The molecule has 8 nitrogen and oxygen atoms in total. The number of nitro benzene ring substituents is 1. The zero-order valence-corrected chi connectivity index (χ0v) is 16.9. The molecule has 3 aromatic rings. The summed E-state index contributed by atoms with van der Waals surface area (Å²) in [5.74, 6) is -0.717. The minimum Gasteiger partial charge on any atom is -0.422 e. The molecule has 0 fully saturated rings. The smallest absolute Gasteiger partial charge is 0.343 e. The molecule has 0 radical (unpaired) electrons. The largest absolute Gasteiger partial charge is 0.422 e. The molecule has 3 rings (SSSR count). The molecule has 0 atom stereocenters. The van der Waals surface area contributed by atoms with Crippen molar-refractivity contribution in [3.05, 3.63) is 104 Å². The van der Waals surface area contributed by atoms with Gasteiger partial charge in [-0.05, 0) is 64.0 Å². The van der Waals surface area contributed by atoms with E-state index in [-0.39, 0.29) is 22.9 Å². The molecule has 1 N–H and O–H groups in total. The van der Waals surface area contributed by atoms with E-state index in [4.69, 9.17) is 4.74 Å². The van der Waals surface area contributed by atoms with Crippen LogP contribution in [0.25, 0.3) is 0 Å². The molecular formula is C21H14BrN3O5. The molecule has 0 heterocycles. The number of halogens is 1. The number of hydrazone groups is 1. The van der Waals surface area contributed by atoms with Gasteiger partial charge in [0.2, 0.25) is 0 Å². The lowest BCUT2D eigenvalue weighted by molar-refractivity contribution is -0.384. The van der Waals surface area contributed by atoms with Gasteiger partial charge in [0, 0.05) is 17.7 Å². The van der Waals surface area contributed by atoms with Gasteiger partial charge in [-0.15, -0.1) is 0 Å². The lowest BCUT2D eigenvalue weighted by atomic mass is 10.2. The first-order valence-electron chi connectivity index (χ1n) is 8.58. The maximum absolute atomic E-state index is 12.2. The molecule has 0 aliphatic heterocycles. The van der Waals surface area contributed by atoms with Crippen LogP contribution in [0, 0.1) is 10.1 Å². The molecule has 0 aliphatic rings. The molecule has 3 aromatic carbocycles. The zero-order valence-electron chi connectivity index (χ0n) is 15.3. The van der Waals surface area contributed by atoms with Crippen molar-refractivity contribution < 1.29 is 19.2 Å². The van der Waals surface area contributed by atoms with Gasteiger partial charge in [0.1, 0.15) is 5.75 Å². The predicted octanol–water partition coefficient (Wildman–Crippen LogP) is 4.34. The van der Waals surface area contributed by atoms with Crippen molar-refractivity contribution in [2.45, 2.75) is 0 Å². The van der Waals surface area contributed by atoms with E-state index in [1.54, 1.807) is 42.5 Å². The number of carbonyl (C=O) groups is 2. The summed E-state index contributed by atoms with van der Waals surface area (Å²) in [4.78, 5) is 34.3. The topological polar surface area (TPSA) is 111 Å². The van der Waals surface area contributed by atoms with Gasteiger partial charge >= 0.3 is 5.97 Å². The number of nitro groups is 1. The average molecular weight is 468 g/mol. The van der Waals surface area contributed by atoms with Crippen LogP contribution < -0.4 is 10.2 Å². The van der Waals surface area contributed by atoms with Crippen LogP contribution >= 0.6 is 15.9 Å². The normalized spacial score (nSPS) is 10.6. The van der Waals surface area contributed by atoms with Gasteiger partial charge in [0.15, 0.2) is 0 Å². The van der Waals surface area contributed by atoms with Crippen molar-refractivity contribution in [2.75, 3.05) is 0 Å². The Hall–Kier alpha value is -3.85. The second-order valence-corrected chi connectivity index (χ2v) is 6.80. The molecule has 0 bridgehead atoms. The van der Waals surface area contributed by atoms with Crippen LogP contribution in [0.15, 0.2) is 82.4 Å². The summed E-state index contributed by atoms with van der Waals surface area (Å²) in [6, 6.07) is 18.7. The van der Waals surface area contributed by atoms with Crippen molar-refractivity contribution in [2.24, 2.45) is 5.10 Å². The standard InChI is InChI=1S/C21H14BrN3O5/c22-18-12-14(13-23-24-20(26)15-4-2-1-3-5-15)6-11-19(18)30-21(27)16-7-9-17(10-8-16)25(28)29/h1-13H,(H,24,26)/b23-13+. The third-order valence-corrected chi connectivity index (χ3v) is 4.51. The Labute approximate surface area is 179 Å². The molecule has 0 unspecified atom stereocenters. The quantitative estimate of drug-likeness (QED) is 0.190. The molecule has 0 aromatic heterocycles. The number of non-ortho nitro benzene ring substituents is 1. The molecular weight excluding hydrogens is 454 g/mol. The highest BCUT2D eigenvalue weighted by Gasteiger charge is 2.13. The van der Waals surface area contributed by atoms with E-state index in [9.17, 15) is 19.7 Å². The molecule has 9 heteroatoms. The fraction of sp³-hybridized carbons (Fsp3) is 0. The first-order valence-corrected chi connectivity index (χ1v) is 9.38. The summed E-state index contributed by atoms with van der Waals surface area (Å²) in [5, 5.41) is 14.6. The number of benzene rings is 3. The van der Waals surface area contributed by atoms with E-state index in [0.717, 1.165) is 0 Å². The molecule has 0 spiro atoms. The van der Waals surface area contributed by atoms with Gasteiger partial charge in [-0.3, -0.25) is 14.9 Å². The van der Waals surface area contributed by atoms with Crippen LogP contribution in [0.5, 0.6) is 5.75 Å². The van der Waals surface area contributed by atoms with E-state index in [1.165, 1.54) is 30.5 Å². The highest BCUT2D eigenvalue weighted by Crippen LogP contribution is 2.26. The van der Waals surface area contributed by atoms with Gasteiger partial charge in [0.25, 0.3) is 11.6 Å². The number of hydrogen-bond acceptors (Lipinski definition) is 6. The first-order chi connectivity index (χ1) is 14.4. The Morgan fingerprint density at radius 2 is 1.70 bits per heavy atom. The van der Waals surface area contributed by atoms with E-state index >= 15 is 0 Å². The highest BCUT2D eigenvalue weighted by atomic mass is 79.9. The Morgan fingerprint density at radius 1 is 1.00 bits per heavy atom. The molecule has 1 amide bonds. The second-order valence-electron chi connectivity index (χ2n) is 5.95. The van der Waals surface area contributed by atoms with Crippen molar-refractivity contribution in [3.63, 3.8) is 0 Å². The van der Waals surface area contributed by atoms with Crippen LogP contribution in [0.2, 0.25) is 0 Å². The number of carbonyl (C=O) groups excluding carboxylic acids is 2. The Bertz CT molecular complexity index is 1120. The monoisotopic (exact) mass is 467 g/mol. The molecule has 150 valence electrons. The minimum atomic E-state index is -0.651. The molecule has 0 saturated carbocycles. The molecule has 0 saturated heterocycles. The van der Waals surface area contributed by atoms with Crippen LogP contribution in [-0.2, 0) is 0 Å². The SMILES string of the molecule is O=C(N/N=C/c1ccc(OC(=O)c2ccc([N+](=O)[O-])cc2)c(Br)c1)c1ccccc1. The first kappa shape index (κ1) is 20.9. The third kappa shape index (κ3) is 5.36. The molecule has 30 heavy (non-hydrogen) atoms. The summed E-state index contributed by atoms with van der Waals surface area (Å²) in [6.45, 7) is 0. The summed E-state index contributed by atoms with van der Waals surface area (Å²) in [6.07, 6.45) is 1.45. The van der Waals surface area contributed by atoms with E-state index in [0.29, 0.717) is 15.6 Å². The summed E-state index contributed by atoms with van der Waals surface area (Å²) in [5.41, 5.74) is 3.64. The number of nitrogens with zero attached hydrogens (tertiary/aromatic N) is 2. The Morgan fingerprint density at radius 3 is 2.33 bits per heavy atom. The van der Waals surface area contributed by atoms with E-state index in [1.807, 2.05) is 6.07 Å². The second kappa shape index (κ2) is 9.57. The van der Waals surface area contributed by atoms with E-state index in [2.05, 4.69) is 26.5 Å². The van der Waals surface area contributed by atoms with Gasteiger partial charge in [-0.1, -0.05) is 18.2 Å². The van der Waals surface area contributed by atoms with E-state index < -0.39 is 10.9 Å². The number of ether oxygens (including phenoxy) is 1. The maximum atomic E-state index is 12.2. The van der Waals surface area contributed by atoms with Crippen LogP contribution in [0.3, 0.4) is 0 Å². The number of rotatable bonds is 6. The van der Waals surface area contributed by atoms with Crippen LogP contribution in [0.4, 0.5) is 5.69 Å². The van der Waals surface area contributed by atoms with Gasteiger partial charge < -0.3 is 4.74 Å². The highest BCUT2D eigenvalue weighted by molar-refractivity contribution is 9.10. The number of nitrogens with one attached hydrogen (secondary N) is 1. The fourth-order valence-electron chi connectivity index (χ4n) is 2.38. The summed E-state index contributed by atoms with van der Waals surface area (Å²) >= 11 is 3.32. The fourth-order valence-corrected chi connectivity index (χ4v) is 2.86. The van der Waals surface area contributed by atoms with Crippen molar-refractivity contribution in [3.8, 4) is 5.75 Å². The number of esters is 1. The van der Waals surface area contributed by atoms with Crippen LogP contribution in [0.1, 0.15) is 26.3 Å². The van der Waals surface area contributed by atoms with Gasteiger partial charge in [-0.2, -0.15) is 5.10 Å². The zero-order chi connectivity index (χ0) is 21.5. The average Bonchev–Trinajstić information content (AvgIpc) is 2.76. The Kier molecular flexibility index (Phi) is 6.66. The summed E-state index contributed by atoms with van der Waals surface area (Å²) < 4.78 is 5.81. The van der Waals surface area contributed by atoms with Crippen molar-refractivity contribution in [1.82, 2.24) is 5.43 Å². The molecule has 0 aliphatic carbocycles. The predicted molar refractivity (Wildman–Crippen MR) is 114 cm³/mol. The van der Waals surface area contributed by atoms with Gasteiger partial charge in [0.05, 0.1) is 21.2 Å². The third-order valence-electron chi connectivity index (χ3n) is 3.89. The summed E-state index contributed by atoms with van der Waals surface area (Å²) in [7, 11) is 0. The maximum Gasteiger partial charge on any atom is 0.343 e. The number of hydrogen-bond donors (Lipinski definition) is 1. The Balaban J connectivity index is 1.62.